The molecule has 19 heavy (non-hydrogen) atoms. The molecule has 0 fully saturated rings. The molecule has 0 atom stereocenters. The number of benzene rings is 1. The molecule has 0 bridgehead atoms. The van der Waals surface area contributed by atoms with Gasteiger partial charge in [-0.3, -0.25) is 0 Å². The van der Waals surface area contributed by atoms with Gasteiger partial charge in [-0.2, -0.15) is 9.97 Å². The standard InChI is InChI=1S/C12H11ClIN3O2/c1-2-7-18-11-15-10(13)16-12(17-11)19-9-5-3-8(14)4-6-9/h3-6H,2,7H2,1H3. The summed E-state index contributed by atoms with van der Waals surface area (Å²) in [5.41, 5.74) is 0. The average molecular weight is 392 g/mol. The molecule has 5 nitrogen and oxygen atoms in total. The predicted octanol–water partition coefficient (Wildman–Crippen LogP) is 3.71. The van der Waals surface area contributed by atoms with Gasteiger partial charge >= 0.3 is 12.0 Å². The van der Waals surface area contributed by atoms with Crippen LogP contribution in [-0.2, 0) is 0 Å². The Hall–Kier alpha value is -1.15. The van der Waals surface area contributed by atoms with Crippen LogP contribution in [-0.4, -0.2) is 21.6 Å². The van der Waals surface area contributed by atoms with Crippen molar-refractivity contribution in [1.29, 1.82) is 0 Å². The first-order chi connectivity index (χ1) is 9.17. The molecule has 1 heterocycles. The third-order valence-corrected chi connectivity index (χ3v) is 2.91. The van der Waals surface area contributed by atoms with E-state index in [2.05, 4.69) is 37.5 Å². The molecular formula is C12H11ClIN3O2. The van der Waals surface area contributed by atoms with E-state index in [1.165, 1.54) is 0 Å². The fourth-order valence-electron chi connectivity index (χ4n) is 1.23. The molecule has 0 unspecified atom stereocenters. The van der Waals surface area contributed by atoms with Gasteiger partial charge in [-0.1, -0.05) is 6.92 Å². The molecule has 0 aliphatic heterocycles. The van der Waals surface area contributed by atoms with Crippen molar-refractivity contribution in [3.05, 3.63) is 33.1 Å². The topological polar surface area (TPSA) is 57.1 Å². The van der Waals surface area contributed by atoms with Crippen LogP contribution in [0.2, 0.25) is 5.28 Å². The summed E-state index contributed by atoms with van der Waals surface area (Å²) in [5.74, 6) is 0.629. The van der Waals surface area contributed by atoms with Crippen LogP contribution in [0.4, 0.5) is 0 Å². The zero-order valence-electron chi connectivity index (χ0n) is 10.1. The minimum absolute atomic E-state index is 0.0432. The van der Waals surface area contributed by atoms with Crippen LogP contribution in [0.5, 0.6) is 17.8 Å². The molecule has 0 radical (unpaired) electrons. The number of hydrogen-bond acceptors (Lipinski definition) is 5. The summed E-state index contributed by atoms with van der Waals surface area (Å²) in [7, 11) is 0. The summed E-state index contributed by atoms with van der Waals surface area (Å²) < 4.78 is 11.9. The fourth-order valence-corrected chi connectivity index (χ4v) is 1.73. The summed E-state index contributed by atoms with van der Waals surface area (Å²) in [4.78, 5) is 11.8. The van der Waals surface area contributed by atoms with Crippen molar-refractivity contribution < 1.29 is 9.47 Å². The molecule has 7 heteroatoms. The van der Waals surface area contributed by atoms with Gasteiger partial charge in [0.05, 0.1) is 6.61 Å². The van der Waals surface area contributed by atoms with Crippen LogP contribution in [0, 0.1) is 3.57 Å². The van der Waals surface area contributed by atoms with E-state index in [1.807, 2.05) is 31.2 Å². The van der Waals surface area contributed by atoms with Gasteiger partial charge in [0.25, 0.3) is 0 Å². The number of halogens is 2. The molecule has 2 rings (SSSR count). The minimum atomic E-state index is 0.0432. The van der Waals surface area contributed by atoms with E-state index in [-0.39, 0.29) is 17.3 Å². The van der Waals surface area contributed by atoms with Crippen molar-refractivity contribution in [1.82, 2.24) is 15.0 Å². The smallest absolute Gasteiger partial charge is 0.329 e. The van der Waals surface area contributed by atoms with Gasteiger partial charge in [-0.25, -0.2) is 0 Å². The first-order valence-corrected chi connectivity index (χ1v) is 7.11. The molecule has 2 aromatic rings. The van der Waals surface area contributed by atoms with Crippen molar-refractivity contribution in [3.63, 3.8) is 0 Å². The summed E-state index contributed by atoms with van der Waals surface area (Å²) in [5, 5.41) is 0.0432. The molecule has 0 N–H and O–H groups in total. The predicted molar refractivity (Wildman–Crippen MR) is 79.9 cm³/mol. The van der Waals surface area contributed by atoms with Crippen LogP contribution in [0.3, 0.4) is 0 Å². The molecule has 1 aromatic heterocycles. The summed E-state index contributed by atoms with van der Waals surface area (Å²) in [6.07, 6.45) is 0.858. The lowest BCUT2D eigenvalue weighted by atomic mass is 10.3. The molecule has 100 valence electrons. The summed E-state index contributed by atoms with van der Waals surface area (Å²) >= 11 is 8.01. The second-order valence-corrected chi connectivity index (χ2v) is 5.16. The fraction of sp³-hybridized carbons (Fsp3) is 0.250. The Balaban J connectivity index is 2.15. The lowest BCUT2D eigenvalue weighted by Gasteiger charge is -2.06. The van der Waals surface area contributed by atoms with Crippen LogP contribution < -0.4 is 9.47 Å². The molecule has 1 aromatic carbocycles. The van der Waals surface area contributed by atoms with Crippen LogP contribution in [0.25, 0.3) is 0 Å². The summed E-state index contributed by atoms with van der Waals surface area (Å²) in [6, 6.07) is 7.79. The summed E-state index contributed by atoms with van der Waals surface area (Å²) in [6.45, 7) is 2.51. The zero-order valence-corrected chi connectivity index (χ0v) is 13.1. The molecule has 0 amide bonds. The maximum Gasteiger partial charge on any atom is 0.329 e. The SMILES string of the molecule is CCCOc1nc(Cl)nc(Oc2ccc(I)cc2)n1. The highest BCUT2D eigenvalue weighted by Crippen LogP contribution is 2.21. The van der Waals surface area contributed by atoms with Gasteiger partial charge in [-0.15, -0.1) is 4.98 Å². The second-order valence-electron chi connectivity index (χ2n) is 3.57. The Morgan fingerprint density at radius 1 is 1.11 bits per heavy atom. The Kier molecular flexibility index (Phi) is 5.15. The van der Waals surface area contributed by atoms with E-state index >= 15 is 0 Å². The van der Waals surface area contributed by atoms with Gasteiger partial charge in [0.1, 0.15) is 5.75 Å². The maximum absolute atomic E-state index is 5.80. The van der Waals surface area contributed by atoms with Gasteiger partial charge in [0.15, 0.2) is 0 Å². The third kappa shape index (κ3) is 4.46. The number of nitrogens with zero attached hydrogens (tertiary/aromatic N) is 3. The molecule has 0 aliphatic carbocycles. The number of ether oxygens (including phenoxy) is 2. The molecule has 0 aliphatic rings. The Morgan fingerprint density at radius 3 is 2.47 bits per heavy atom. The van der Waals surface area contributed by atoms with E-state index in [4.69, 9.17) is 21.1 Å². The van der Waals surface area contributed by atoms with Crippen molar-refractivity contribution in [3.8, 4) is 17.8 Å². The van der Waals surface area contributed by atoms with E-state index in [1.54, 1.807) is 0 Å². The molecule has 0 spiro atoms. The van der Waals surface area contributed by atoms with E-state index < -0.39 is 0 Å². The van der Waals surface area contributed by atoms with Crippen molar-refractivity contribution in [2.75, 3.05) is 6.61 Å². The lowest BCUT2D eigenvalue weighted by molar-refractivity contribution is 0.284. The highest BCUT2D eigenvalue weighted by atomic mass is 127. The second kappa shape index (κ2) is 6.85. The van der Waals surface area contributed by atoms with Gasteiger partial charge in [-0.05, 0) is 64.9 Å². The Labute approximate surface area is 129 Å². The van der Waals surface area contributed by atoms with Crippen molar-refractivity contribution in [2.24, 2.45) is 0 Å². The van der Waals surface area contributed by atoms with Crippen LogP contribution in [0.15, 0.2) is 24.3 Å². The highest BCUT2D eigenvalue weighted by molar-refractivity contribution is 14.1. The lowest BCUT2D eigenvalue weighted by Crippen LogP contribution is -2.03. The monoisotopic (exact) mass is 391 g/mol. The first kappa shape index (κ1) is 14.3. The average Bonchev–Trinajstić information content (AvgIpc) is 2.38. The maximum atomic E-state index is 5.80. The van der Waals surface area contributed by atoms with Gasteiger partial charge in [0, 0.05) is 3.57 Å². The van der Waals surface area contributed by atoms with Crippen LogP contribution in [0.1, 0.15) is 13.3 Å². The molecular weight excluding hydrogens is 381 g/mol. The molecule has 0 saturated heterocycles. The van der Waals surface area contributed by atoms with Crippen molar-refractivity contribution >= 4 is 34.2 Å². The third-order valence-electron chi connectivity index (χ3n) is 2.03. The number of aromatic nitrogens is 3. The molecule has 0 saturated carbocycles. The van der Waals surface area contributed by atoms with E-state index in [9.17, 15) is 0 Å². The van der Waals surface area contributed by atoms with Gasteiger partial charge < -0.3 is 9.47 Å². The number of hydrogen-bond donors (Lipinski definition) is 0. The van der Waals surface area contributed by atoms with E-state index in [0.717, 1.165) is 9.99 Å². The Bertz CT molecular complexity index is 551. The zero-order chi connectivity index (χ0) is 13.7. The van der Waals surface area contributed by atoms with Gasteiger partial charge in [0.2, 0.25) is 5.28 Å². The normalized spacial score (nSPS) is 10.3. The highest BCUT2D eigenvalue weighted by Gasteiger charge is 2.08. The van der Waals surface area contributed by atoms with Crippen LogP contribution >= 0.6 is 34.2 Å². The quantitative estimate of drug-likeness (QED) is 0.727. The van der Waals surface area contributed by atoms with E-state index in [0.29, 0.717) is 12.4 Å². The first-order valence-electron chi connectivity index (χ1n) is 5.65. The van der Waals surface area contributed by atoms with Crippen molar-refractivity contribution in [2.45, 2.75) is 13.3 Å². The minimum Gasteiger partial charge on any atom is -0.463 e. The largest absolute Gasteiger partial charge is 0.463 e. The number of rotatable bonds is 5. The Morgan fingerprint density at radius 2 is 1.79 bits per heavy atom.